The Balaban J connectivity index is 1.70. The zero-order valence-corrected chi connectivity index (χ0v) is 14.5. The lowest BCUT2D eigenvalue weighted by atomic mass is 9.98. The molecule has 0 amide bonds. The van der Waals surface area contributed by atoms with Crippen LogP contribution < -0.4 is 5.32 Å². The molecule has 130 valence electrons. The molecule has 0 saturated carbocycles. The molecule has 1 saturated heterocycles. The third-order valence-electron chi connectivity index (χ3n) is 4.58. The quantitative estimate of drug-likeness (QED) is 0.848. The summed E-state index contributed by atoms with van der Waals surface area (Å²) in [6.45, 7) is 1.47. The van der Waals surface area contributed by atoms with Crippen LogP contribution >= 0.6 is 0 Å². The topological polar surface area (TPSA) is 48.3 Å². The molecule has 3 rings (SSSR count). The number of nitrogens with zero attached hydrogens (tertiary/aromatic N) is 2. The lowest BCUT2D eigenvalue weighted by Gasteiger charge is -2.35. The van der Waals surface area contributed by atoms with Crippen LogP contribution in [0.4, 0.5) is 0 Å². The molecule has 1 aromatic heterocycles. The summed E-state index contributed by atoms with van der Waals surface area (Å²) in [5, 5.41) is 3.77. The van der Waals surface area contributed by atoms with Gasteiger partial charge in [-0.15, -0.1) is 0 Å². The fourth-order valence-electron chi connectivity index (χ4n) is 3.43. The van der Waals surface area contributed by atoms with E-state index in [2.05, 4.69) is 34.6 Å². The third-order valence-corrected chi connectivity index (χ3v) is 4.58. The summed E-state index contributed by atoms with van der Waals surface area (Å²) in [5.74, 6) is 0.989. The van der Waals surface area contributed by atoms with Gasteiger partial charge in [0.05, 0.1) is 6.61 Å². The minimum Gasteiger partial charge on any atom is -0.383 e. The van der Waals surface area contributed by atoms with Crippen LogP contribution in [0.5, 0.6) is 0 Å². The summed E-state index contributed by atoms with van der Waals surface area (Å²) in [7, 11) is 3.78. The van der Waals surface area contributed by atoms with Crippen LogP contribution in [0, 0.1) is 0 Å². The van der Waals surface area contributed by atoms with Gasteiger partial charge in [-0.1, -0.05) is 30.3 Å². The van der Waals surface area contributed by atoms with Gasteiger partial charge < -0.3 is 19.4 Å². The molecule has 1 aliphatic heterocycles. The SMILES string of the molecule is COC[C@@H](Cc1ccccc1)N[C@H]1CCCO[C@@H]1c1nccn1C. The van der Waals surface area contributed by atoms with Crippen LogP contribution in [0.2, 0.25) is 0 Å². The molecular weight excluding hydrogens is 302 g/mol. The molecule has 0 aliphatic carbocycles. The van der Waals surface area contributed by atoms with Crippen molar-refractivity contribution in [2.75, 3.05) is 20.3 Å². The van der Waals surface area contributed by atoms with E-state index in [1.807, 2.05) is 30.1 Å². The Bertz CT molecular complexity index is 614. The first kappa shape index (κ1) is 17.1. The van der Waals surface area contributed by atoms with Crippen molar-refractivity contribution in [2.45, 2.75) is 37.5 Å². The summed E-state index contributed by atoms with van der Waals surface area (Å²) >= 11 is 0. The van der Waals surface area contributed by atoms with E-state index in [9.17, 15) is 0 Å². The van der Waals surface area contributed by atoms with E-state index < -0.39 is 0 Å². The standard InChI is InChI=1S/C19H27N3O2/c1-22-11-10-20-19(22)18-17(9-6-12-24-18)21-16(14-23-2)13-15-7-4-3-5-8-15/h3-5,7-8,10-11,16-18,21H,6,9,12-14H2,1-2H3/t16-,17+,18+/m1/s1. The summed E-state index contributed by atoms with van der Waals surface area (Å²) < 4.78 is 13.6. The van der Waals surface area contributed by atoms with Crippen molar-refractivity contribution in [2.24, 2.45) is 7.05 Å². The van der Waals surface area contributed by atoms with Crippen molar-refractivity contribution in [3.63, 3.8) is 0 Å². The van der Waals surface area contributed by atoms with Crippen LogP contribution in [0.3, 0.4) is 0 Å². The molecule has 1 aromatic carbocycles. The molecule has 0 radical (unpaired) electrons. The van der Waals surface area contributed by atoms with Crippen molar-refractivity contribution >= 4 is 0 Å². The summed E-state index contributed by atoms with van der Waals surface area (Å²) in [6, 6.07) is 11.1. The van der Waals surface area contributed by atoms with E-state index in [1.165, 1.54) is 5.56 Å². The van der Waals surface area contributed by atoms with E-state index in [0.717, 1.165) is 31.7 Å². The van der Waals surface area contributed by atoms with E-state index in [0.29, 0.717) is 6.61 Å². The second-order valence-electron chi connectivity index (χ2n) is 6.45. The zero-order chi connectivity index (χ0) is 16.8. The van der Waals surface area contributed by atoms with Gasteiger partial charge in [-0.2, -0.15) is 0 Å². The Morgan fingerprint density at radius 2 is 2.21 bits per heavy atom. The van der Waals surface area contributed by atoms with E-state index >= 15 is 0 Å². The number of nitrogens with one attached hydrogen (secondary N) is 1. The second-order valence-corrected chi connectivity index (χ2v) is 6.45. The van der Waals surface area contributed by atoms with E-state index in [-0.39, 0.29) is 18.2 Å². The van der Waals surface area contributed by atoms with Crippen molar-refractivity contribution in [3.8, 4) is 0 Å². The highest BCUT2D eigenvalue weighted by Gasteiger charge is 2.31. The first-order valence-electron chi connectivity index (χ1n) is 8.65. The monoisotopic (exact) mass is 329 g/mol. The zero-order valence-electron chi connectivity index (χ0n) is 14.5. The molecule has 5 heteroatoms. The highest BCUT2D eigenvalue weighted by Crippen LogP contribution is 2.27. The maximum atomic E-state index is 6.06. The van der Waals surface area contributed by atoms with Gasteiger partial charge in [-0.3, -0.25) is 0 Å². The van der Waals surface area contributed by atoms with Gasteiger partial charge in [0.25, 0.3) is 0 Å². The third kappa shape index (κ3) is 4.23. The van der Waals surface area contributed by atoms with Crippen molar-refractivity contribution in [1.82, 2.24) is 14.9 Å². The smallest absolute Gasteiger partial charge is 0.139 e. The fraction of sp³-hybridized carbons (Fsp3) is 0.526. The number of hydrogen-bond donors (Lipinski definition) is 1. The average Bonchev–Trinajstić information content (AvgIpc) is 3.02. The number of ether oxygens (including phenoxy) is 2. The largest absolute Gasteiger partial charge is 0.383 e. The van der Waals surface area contributed by atoms with Crippen LogP contribution in [0.25, 0.3) is 0 Å². The molecule has 24 heavy (non-hydrogen) atoms. The van der Waals surface area contributed by atoms with Gasteiger partial charge in [0, 0.05) is 45.2 Å². The van der Waals surface area contributed by atoms with Crippen molar-refractivity contribution < 1.29 is 9.47 Å². The van der Waals surface area contributed by atoms with Gasteiger partial charge in [-0.25, -0.2) is 4.98 Å². The Morgan fingerprint density at radius 1 is 1.38 bits per heavy atom. The Kier molecular flexibility index (Phi) is 6.01. The maximum absolute atomic E-state index is 6.06. The minimum atomic E-state index is -0.00567. The Hall–Kier alpha value is -1.69. The molecule has 5 nitrogen and oxygen atoms in total. The highest BCUT2D eigenvalue weighted by molar-refractivity contribution is 5.16. The number of aryl methyl sites for hydroxylation is 1. The number of rotatable bonds is 7. The van der Waals surface area contributed by atoms with Gasteiger partial charge in [0.15, 0.2) is 0 Å². The lowest BCUT2D eigenvalue weighted by molar-refractivity contribution is -0.0231. The molecule has 1 aliphatic rings. The normalized spacial score (nSPS) is 22.4. The summed E-state index contributed by atoms with van der Waals surface area (Å²) in [5.41, 5.74) is 1.32. The van der Waals surface area contributed by atoms with Crippen molar-refractivity contribution in [1.29, 1.82) is 0 Å². The fourth-order valence-corrected chi connectivity index (χ4v) is 3.43. The van der Waals surface area contributed by atoms with Gasteiger partial charge >= 0.3 is 0 Å². The number of aromatic nitrogens is 2. The van der Waals surface area contributed by atoms with Crippen LogP contribution in [0.1, 0.15) is 30.3 Å². The molecule has 0 spiro atoms. The number of benzene rings is 1. The molecular formula is C19H27N3O2. The highest BCUT2D eigenvalue weighted by atomic mass is 16.5. The lowest BCUT2D eigenvalue weighted by Crippen LogP contribution is -2.48. The molecule has 3 atom stereocenters. The first-order chi connectivity index (χ1) is 11.8. The van der Waals surface area contributed by atoms with Gasteiger partial charge in [-0.05, 0) is 24.8 Å². The molecule has 2 heterocycles. The predicted octanol–water partition coefficient (Wildman–Crippen LogP) is 2.49. The number of imidazole rings is 1. The maximum Gasteiger partial charge on any atom is 0.139 e. The molecule has 0 unspecified atom stereocenters. The Labute approximate surface area is 144 Å². The summed E-state index contributed by atoms with van der Waals surface area (Å²) in [4.78, 5) is 4.49. The van der Waals surface area contributed by atoms with Gasteiger partial charge in [0.1, 0.15) is 11.9 Å². The molecule has 2 aromatic rings. The molecule has 0 bridgehead atoms. The molecule has 1 fully saturated rings. The van der Waals surface area contributed by atoms with Crippen molar-refractivity contribution in [3.05, 3.63) is 54.1 Å². The van der Waals surface area contributed by atoms with Crippen LogP contribution in [-0.2, 0) is 22.9 Å². The van der Waals surface area contributed by atoms with Crippen LogP contribution in [0.15, 0.2) is 42.7 Å². The minimum absolute atomic E-state index is 0.00567. The Morgan fingerprint density at radius 3 is 2.92 bits per heavy atom. The first-order valence-corrected chi connectivity index (χ1v) is 8.65. The van der Waals surface area contributed by atoms with Crippen LogP contribution in [-0.4, -0.2) is 42.0 Å². The summed E-state index contributed by atoms with van der Waals surface area (Å²) in [6.07, 6.45) is 6.91. The number of methoxy groups -OCH3 is 1. The van der Waals surface area contributed by atoms with E-state index in [1.54, 1.807) is 7.11 Å². The second kappa shape index (κ2) is 8.42. The molecule has 1 N–H and O–H groups in total. The number of hydrogen-bond acceptors (Lipinski definition) is 4. The predicted molar refractivity (Wildman–Crippen MR) is 93.9 cm³/mol. The van der Waals surface area contributed by atoms with Gasteiger partial charge in [0.2, 0.25) is 0 Å². The van der Waals surface area contributed by atoms with E-state index in [4.69, 9.17) is 9.47 Å². The average molecular weight is 329 g/mol.